The second-order valence-electron chi connectivity index (χ2n) is 7.48. The summed E-state index contributed by atoms with van der Waals surface area (Å²) >= 11 is 0. The molecule has 0 spiro atoms. The fraction of sp³-hybridized carbons (Fsp3) is 0.773. The van der Waals surface area contributed by atoms with Gasteiger partial charge in [-0.15, -0.1) is 0 Å². The third-order valence-electron chi connectivity index (χ3n) is 5.13. The summed E-state index contributed by atoms with van der Waals surface area (Å²) in [7, 11) is 0. The number of hydrogen-bond donors (Lipinski definition) is 0. The lowest BCUT2D eigenvalue weighted by Crippen LogP contribution is -2.32. The van der Waals surface area contributed by atoms with Gasteiger partial charge in [-0.05, 0) is 38.7 Å². The van der Waals surface area contributed by atoms with Crippen LogP contribution in [0, 0.1) is 5.92 Å². The van der Waals surface area contributed by atoms with Crippen LogP contribution in [0.4, 0.5) is 0 Å². The predicted molar refractivity (Wildman–Crippen MR) is 107 cm³/mol. The molecule has 1 aliphatic heterocycles. The highest BCUT2D eigenvalue weighted by atomic mass is 16.5. The number of amides is 1. The number of likely N-dealkylation sites (tertiary alicyclic amines) is 1. The Kier molecular flexibility index (Phi) is 11.7. The normalized spacial score (nSPS) is 18.3. The molecule has 1 rings (SSSR count). The Hall–Kier alpha value is -1.65. The first-order valence-electron chi connectivity index (χ1n) is 10.7. The summed E-state index contributed by atoms with van der Waals surface area (Å²) in [6.07, 6.45) is 12.4. The zero-order valence-electron chi connectivity index (χ0n) is 17.4. The smallest absolute Gasteiger partial charge is 0.308 e. The molecule has 0 bridgehead atoms. The van der Waals surface area contributed by atoms with Crippen molar-refractivity contribution in [3.8, 4) is 0 Å². The van der Waals surface area contributed by atoms with E-state index in [1.807, 2.05) is 24.8 Å². The summed E-state index contributed by atoms with van der Waals surface area (Å²) in [4.78, 5) is 37.5. The number of allylic oxidation sites excluding steroid dienone is 1. The van der Waals surface area contributed by atoms with Gasteiger partial charge < -0.3 is 9.64 Å². The van der Waals surface area contributed by atoms with Gasteiger partial charge >= 0.3 is 5.97 Å². The quantitative estimate of drug-likeness (QED) is 0.254. The molecule has 154 valence electrons. The molecular formula is C22H37NO4. The second kappa shape index (κ2) is 13.5. The molecule has 5 heteroatoms. The summed E-state index contributed by atoms with van der Waals surface area (Å²) < 4.78 is 5.02. The molecule has 2 unspecified atom stereocenters. The number of unbranched alkanes of at least 4 members (excludes halogenated alkanes) is 4. The molecule has 0 aliphatic carbocycles. The van der Waals surface area contributed by atoms with Crippen molar-refractivity contribution in [1.29, 1.82) is 0 Å². The summed E-state index contributed by atoms with van der Waals surface area (Å²) in [6, 6.07) is 0.0612. The van der Waals surface area contributed by atoms with Crippen LogP contribution >= 0.6 is 0 Å². The highest BCUT2D eigenvalue weighted by Gasteiger charge is 2.28. The average molecular weight is 380 g/mol. The lowest BCUT2D eigenvalue weighted by molar-refractivity contribution is -0.147. The highest BCUT2D eigenvalue weighted by molar-refractivity contribution is 5.90. The molecule has 0 aromatic carbocycles. The van der Waals surface area contributed by atoms with Gasteiger partial charge in [-0.1, -0.05) is 45.6 Å². The molecule has 0 aromatic heterocycles. The van der Waals surface area contributed by atoms with Crippen LogP contribution in [0.5, 0.6) is 0 Å². The molecule has 0 radical (unpaired) electrons. The van der Waals surface area contributed by atoms with E-state index >= 15 is 0 Å². The highest BCUT2D eigenvalue weighted by Crippen LogP contribution is 2.21. The van der Waals surface area contributed by atoms with E-state index in [2.05, 4.69) is 6.92 Å². The van der Waals surface area contributed by atoms with Gasteiger partial charge in [0, 0.05) is 19.4 Å². The monoisotopic (exact) mass is 379 g/mol. The van der Waals surface area contributed by atoms with Gasteiger partial charge in [0.05, 0.1) is 18.6 Å². The van der Waals surface area contributed by atoms with Crippen molar-refractivity contribution in [2.45, 2.75) is 91.0 Å². The summed E-state index contributed by atoms with van der Waals surface area (Å²) in [5.74, 6) is 0.160. The van der Waals surface area contributed by atoms with Gasteiger partial charge in [0.15, 0.2) is 5.78 Å². The molecule has 0 saturated carbocycles. The third-order valence-corrected chi connectivity index (χ3v) is 5.13. The number of esters is 1. The van der Waals surface area contributed by atoms with Crippen LogP contribution in [0.3, 0.4) is 0 Å². The molecule has 0 N–H and O–H groups in total. The van der Waals surface area contributed by atoms with E-state index in [4.69, 9.17) is 4.74 Å². The van der Waals surface area contributed by atoms with Crippen LogP contribution in [0.1, 0.15) is 85.0 Å². The first-order chi connectivity index (χ1) is 13.0. The van der Waals surface area contributed by atoms with Crippen LogP contribution < -0.4 is 0 Å². The van der Waals surface area contributed by atoms with Crippen molar-refractivity contribution in [2.24, 2.45) is 5.92 Å². The molecule has 2 atom stereocenters. The first-order valence-corrected chi connectivity index (χ1v) is 10.7. The molecular weight excluding hydrogens is 342 g/mol. The molecule has 1 saturated heterocycles. The SMILES string of the molecule is CCCCCC(=O)/C=C/C1CCC(=O)N1CCCCCC(C)C(=O)OCC. The number of hydrogen-bond acceptors (Lipinski definition) is 4. The number of carbonyl (C=O) groups is 3. The fourth-order valence-corrected chi connectivity index (χ4v) is 3.41. The fourth-order valence-electron chi connectivity index (χ4n) is 3.41. The maximum Gasteiger partial charge on any atom is 0.308 e. The maximum absolute atomic E-state index is 12.1. The van der Waals surface area contributed by atoms with Crippen molar-refractivity contribution >= 4 is 17.7 Å². The van der Waals surface area contributed by atoms with Crippen LogP contribution in [-0.4, -0.2) is 41.8 Å². The number of nitrogens with zero attached hydrogens (tertiary/aromatic N) is 1. The number of carbonyl (C=O) groups excluding carboxylic acids is 3. The maximum atomic E-state index is 12.1. The van der Waals surface area contributed by atoms with Crippen molar-refractivity contribution in [1.82, 2.24) is 4.90 Å². The van der Waals surface area contributed by atoms with Crippen LogP contribution in [0.25, 0.3) is 0 Å². The Balaban J connectivity index is 2.30. The molecule has 1 amide bonds. The Morgan fingerprint density at radius 1 is 1.19 bits per heavy atom. The van der Waals surface area contributed by atoms with Crippen molar-refractivity contribution < 1.29 is 19.1 Å². The van der Waals surface area contributed by atoms with Crippen LogP contribution in [0.2, 0.25) is 0 Å². The number of ether oxygens (including phenoxy) is 1. The van der Waals surface area contributed by atoms with E-state index in [1.54, 1.807) is 6.08 Å². The Bertz CT molecular complexity index is 501. The Morgan fingerprint density at radius 3 is 2.67 bits per heavy atom. The summed E-state index contributed by atoms with van der Waals surface area (Å²) in [5.41, 5.74) is 0. The van der Waals surface area contributed by atoms with E-state index in [0.717, 1.165) is 57.9 Å². The lowest BCUT2D eigenvalue weighted by Gasteiger charge is -2.22. The lowest BCUT2D eigenvalue weighted by atomic mass is 10.0. The second-order valence-corrected chi connectivity index (χ2v) is 7.48. The Morgan fingerprint density at radius 2 is 1.96 bits per heavy atom. The van der Waals surface area contributed by atoms with Gasteiger partial charge in [-0.3, -0.25) is 14.4 Å². The molecule has 0 aromatic rings. The zero-order chi connectivity index (χ0) is 20.1. The van der Waals surface area contributed by atoms with Crippen molar-refractivity contribution in [3.05, 3.63) is 12.2 Å². The Labute approximate surface area is 164 Å². The minimum absolute atomic E-state index is 0.0612. The first kappa shape index (κ1) is 23.4. The minimum atomic E-state index is -0.124. The third kappa shape index (κ3) is 9.21. The van der Waals surface area contributed by atoms with Gasteiger partial charge in [0.1, 0.15) is 0 Å². The van der Waals surface area contributed by atoms with Gasteiger partial charge in [-0.25, -0.2) is 0 Å². The van der Waals surface area contributed by atoms with Gasteiger partial charge in [0.25, 0.3) is 0 Å². The van der Waals surface area contributed by atoms with E-state index in [0.29, 0.717) is 19.4 Å². The van der Waals surface area contributed by atoms with E-state index in [9.17, 15) is 14.4 Å². The average Bonchev–Trinajstić information content (AvgIpc) is 3.00. The van der Waals surface area contributed by atoms with E-state index < -0.39 is 0 Å². The summed E-state index contributed by atoms with van der Waals surface area (Å²) in [5, 5.41) is 0. The number of rotatable bonds is 14. The van der Waals surface area contributed by atoms with Gasteiger partial charge in [0.2, 0.25) is 5.91 Å². The van der Waals surface area contributed by atoms with E-state index in [1.165, 1.54) is 0 Å². The zero-order valence-corrected chi connectivity index (χ0v) is 17.4. The largest absolute Gasteiger partial charge is 0.466 e. The topological polar surface area (TPSA) is 63.7 Å². The van der Waals surface area contributed by atoms with E-state index in [-0.39, 0.29) is 29.6 Å². The molecule has 1 aliphatic rings. The molecule has 5 nitrogen and oxygen atoms in total. The standard InChI is InChI=1S/C22H37NO4/c1-4-6-8-12-20(24)15-13-19-14-16-21(25)23(19)17-10-7-9-11-18(3)22(26)27-5-2/h13,15,18-19H,4-12,14,16-17H2,1-3H3/b15-13+. The number of ketones is 1. The predicted octanol–water partition coefficient (Wildman–Crippen LogP) is 4.44. The van der Waals surface area contributed by atoms with Crippen LogP contribution in [0.15, 0.2) is 12.2 Å². The molecule has 1 fully saturated rings. The van der Waals surface area contributed by atoms with Crippen molar-refractivity contribution in [3.63, 3.8) is 0 Å². The molecule has 27 heavy (non-hydrogen) atoms. The van der Waals surface area contributed by atoms with Crippen molar-refractivity contribution in [2.75, 3.05) is 13.2 Å². The van der Waals surface area contributed by atoms with Gasteiger partial charge in [-0.2, -0.15) is 0 Å². The minimum Gasteiger partial charge on any atom is -0.466 e. The summed E-state index contributed by atoms with van der Waals surface area (Å²) in [6.45, 7) is 7.00. The molecule has 1 heterocycles. The van der Waals surface area contributed by atoms with Crippen LogP contribution in [-0.2, 0) is 19.1 Å².